The second-order valence-electron chi connectivity index (χ2n) is 5.71. The van der Waals surface area contributed by atoms with Crippen LogP contribution in [-0.2, 0) is 0 Å². The van der Waals surface area contributed by atoms with Gasteiger partial charge in [0.2, 0.25) is 0 Å². The average molecular weight is 240 g/mol. The van der Waals surface area contributed by atoms with Gasteiger partial charge in [0.15, 0.2) is 0 Å². The van der Waals surface area contributed by atoms with E-state index in [1.54, 1.807) is 0 Å². The number of nitrogens with zero attached hydrogens (tertiary/aromatic N) is 1. The first kappa shape index (κ1) is 15.0. The van der Waals surface area contributed by atoms with E-state index in [-0.39, 0.29) is 0 Å². The Bertz CT molecular complexity index is 193. The molecule has 0 aliphatic carbocycles. The summed E-state index contributed by atoms with van der Waals surface area (Å²) >= 11 is 0. The lowest BCUT2D eigenvalue weighted by Gasteiger charge is -2.41. The zero-order valence-corrected chi connectivity index (χ0v) is 12.3. The van der Waals surface area contributed by atoms with Crippen molar-refractivity contribution >= 4 is 0 Å². The Kier molecular flexibility index (Phi) is 7.14. The van der Waals surface area contributed by atoms with Crippen molar-refractivity contribution in [2.75, 3.05) is 19.6 Å². The molecule has 2 heteroatoms. The molecule has 1 heterocycles. The summed E-state index contributed by atoms with van der Waals surface area (Å²) in [6.07, 6.45) is 6.83. The van der Waals surface area contributed by atoms with Crippen LogP contribution < -0.4 is 5.32 Å². The third kappa shape index (κ3) is 4.97. The Labute approximate surface area is 108 Å². The zero-order chi connectivity index (χ0) is 12.7. The van der Waals surface area contributed by atoms with E-state index in [0.717, 1.165) is 24.5 Å². The highest BCUT2D eigenvalue weighted by atomic mass is 15.2. The lowest BCUT2D eigenvalue weighted by atomic mass is 9.89. The van der Waals surface area contributed by atoms with E-state index in [1.807, 2.05) is 0 Å². The lowest BCUT2D eigenvalue weighted by molar-refractivity contribution is 0.0981. The molecule has 1 N–H and O–H groups in total. The van der Waals surface area contributed by atoms with Gasteiger partial charge in [0.1, 0.15) is 0 Å². The van der Waals surface area contributed by atoms with Crippen molar-refractivity contribution in [2.24, 2.45) is 5.92 Å². The van der Waals surface area contributed by atoms with Crippen LogP contribution in [0.2, 0.25) is 0 Å². The molecule has 0 aromatic carbocycles. The molecule has 17 heavy (non-hydrogen) atoms. The van der Waals surface area contributed by atoms with Gasteiger partial charge in [-0.15, -0.1) is 0 Å². The molecule has 0 spiro atoms. The van der Waals surface area contributed by atoms with Gasteiger partial charge in [0, 0.05) is 25.2 Å². The van der Waals surface area contributed by atoms with Gasteiger partial charge in [-0.1, -0.05) is 33.6 Å². The van der Waals surface area contributed by atoms with Crippen LogP contribution in [0.4, 0.5) is 0 Å². The maximum absolute atomic E-state index is 3.66. The molecule has 3 unspecified atom stereocenters. The normalized spacial score (nSPS) is 28.2. The molecule has 0 bridgehead atoms. The van der Waals surface area contributed by atoms with Crippen LogP contribution in [0.3, 0.4) is 0 Å². The van der Waals surface area contributed by atoms with Gasteiger partial charge in [0.25, 0.3) is 0 Å². The number of likely N-dealkylation sites (tertiary alicyclic amines) is 1. The summed E-state index contributed by atoms with van der Waals surface area (Å²) in [5, 5.41) is 3.66. The van der Waals surface area contributed by atoms with Crippen molar-refractivity contribution in [2.45, 2.75) is 71.9 Å². The minimum atomic E-state index is 0.726. The van der Waals surface area contributed by atoms with Crippen LogP contribution in [-0.4, -0.2) is 36.6 Å². The Hall–Kier alpha value is -0.0800. The van der Waals surface area contributed by atoms with Crippen molar-refractivity contribution in [3.63, 3.8) is 0 Å². The largest absolute Gasteiger partial charge is 0.313 e. The summed E-state index contributed by atoms with van der Waals surface area (Å²) in [7, 11) is 0. The van der Waals surface area contributed by atoms with E-state index in [4.69, 9.17) is 0 Å². The number of nitrogens with one attached hydrogen (secondary N) is 1. The summed E-state index contributed by atoms with van der Waals surface area (Å²) in [6.45, 7) is 12.9. The lowest BCUT2D eigenvalue weighted by Crippen LogP contribution is -2.51. The fraction of sp³-hybridized carbons (Fsp3) is 1.00. The molecule has 102 valence electrons. The van der Waals surface area contributed by atoms with Gasteiger partial charge in [-0.05, 0) is 38.6 Å². The number of hydrogen-bond acceptors (Lipinski definition) is 2. The standard InChI is InChI=1S/C15H32N2/c1-5-8-9-14-10-15(16-7-3)12-17(11-14)13(4)6-2/h13-16H,5-12H2,1-4H3. The van der Waals surface area contributed by atoms with E-state index in [2.05, 4.69) is 37.9 Å². The topological polar surface area (TPSA) is 15.3 Å². The van der Waals surface area contributed by atoms with Crippen LogP contribution in [0, 0.1) is 5.92 Å². The minimum Gasteiger partial charge on any atom is -0.313 e. The first-order chi connectivity index (χ1) is 8.21. The van der Waals surface area contributed by atoms with Gasteiger partial charge in [0.05, 0.1) is 0 Å². The second kappa shape index (κ2) is 8.10. The van der Waals surface area contributed by atoms with Crippen LogP contribution in [0.25, 0.3) is 0 Å². The van der Waals surface area contributed by atoms with Crippen molar-refractivity contribution in [1.82, 2.24) is 10.2 Å². The Balaban J connectivity index is 2.49. The molecule has 2 nitrogen and oxygen atoms in total. The minimum absolute atomic E-state index is 0.726. The van der Waals surface area contributed by atoms with Crippen molar-refractivity contribution in [1.29, 1.82) is 0 Å². The molecule has 0 aromatic rings. The molecule has 1 rings (SSSR count). The summed E-state index contributed by atoms with van der Waals surface area (Å²) < 4.78 is 0. The molecule has 1 aliphatic rings. The van der Waals surface area contributed by atoms with Crippen molar-refractivity contribution in [3.05, 3.63) is 0 Å². The monoisotopic (exact) mass is 240 g/mol. The number of rotatable bonds is 7. The predicted molar refractivity (Wildman–Crippen MR) is 76.4 cm³/mol. The van der Waals surface area contributed by atoms with E-state index in [1.165, 1.54) is 45.2 Å². The predicted octanol–water partition coefficient (Wildman–Crippen LogP) is 3.28. The van der Waals surface area contributed by atoms with E-state index in [9.17, 15) is 0 Å². The number of hydrogen-bond donors (Lipinski definition) is 1. The smallest absolute Gasteiger partial charge is 0.0198 e. The molecule has 0 saturated carbocycles. The first-order valence-electron chi connectivity index (χ1n) is 7.68. The van der Waals surface area contributed by atoms with Crippen LogP contribution >= 0.6 is 0 Å². The molecule has 3 atom stereocenters. The van der Waals surface area contributed by atoms with E-state index >= 15 is 0 Å². The molecule has 0 amide bonds. The van der Waals surface area contributed by atoms with Crippen LogP contribution in [0.5, 0.6) is 0 Å². The highest BCUT2D eigenvalue weighted by Crippen LogP contribution is 2.24. The van der Waals surface area contributed by atoms with E-state index < -0.39 is 0 Å². The summed E-state index contributed by atoms with van der Waals surface area (Å²) in [6, 6.07) is 1.48. The number of piperidine rings is 1. The van der Waals surface area contributed by atoms with Gasteiger partial charge >= 0.3 is 0 Å². The third-order valence-corrected chi connectivity index (χ3v) is 4.24. The Morgan fingerprint density at radius 1 is 1.24 bits per heavy atom. The maximum Gasteiger partial charge on any atom is 0.0198 e. The second-order valence-corrected chi connectivity index (χ2v) is 5.71. The summed E-state index contributed by atoms with van der Waals surface area (Å²) in [4.78, 5) is 2.71. The molecule has 1 saturated heterocycles. The third-order valence-electron chi connectivity index (χ3n) is 4.24. The summed E-state index contributed by atoms with van der Waals surface area (Å²) in [5.41, 5.74) is 0. The highest BCUT2D eigenvalue weighted by molar-refractivity contribution is 4.85. The van der Waals surface area contributed by atoms with Crippen LogP contribution in [0.1, 0.15) is 59.8 Å². The Morgan fingerprint density at radius 2 is 2.00 bits per heavy atom. The maximum atomic E-state index is 3.66. The highest BCUT2D eigenvalue weighted by Gasteiger charge is 2.28. The van der Waals surface area contributed by atoms with Gasteiger partial charge in [-0.3, -0.25) is 4.90 Å². The molecule has 0 radical (unpaired) electrons. The van der Waals surface area contributed by atoms with Gasteiger partial charge in [-0.25, -0.2) is 0 Å². The zero-order valence-electron chi connectivity index (χ0n) is 12.3. The molecule has 0 aromatic heterocycles. The Morgan fingerprint density at radius 3 is 2.59 bits per heavy atom. The average Bonchev–Trinajstić information content (AvgIpc) is 2.35. The van der Waals surface area contributed by atoms with Crippen molar-refractivity contribution < 1.29 is 0 Å². The number of likely N-dealkylation sites (N-methyl/N-ethyl adjacent to an activating group) is 1. The quantitative estimate of drug-likeness (QED) is 0.735. The molecule has 1 aliphatic heterocycles. The van der Waals surface area contributed by atoms with Gasteiger partial charge in [-0.2, -0.15) is 0 Å². The SMILES string of the molecule is CCCCC1CC(NCC)CN(C(C)CC)C1. The van der Waals surface area contributed by atoms with Crippen molar-refractivity contribution in [3.8, 4) is 0 Å². The van der Waals surface area contributed by atoms with Gasteiger partial charge < -0.3 is 5.32 Å². The summed E-state index contributed by atoms with van der Waals surface area (Å²) in [5.74, 6) is 0.918. The fourth-order valence-electron chi connectivity index (χ4n) is 3.00. The first-order valence-corrected chi connectivity index (χ1v) is 7.68. The fourth-order valence-corrected chi connectivity index (χ4v) is 3.00. The van der Waals surface area contributed by atoms with Crippen LogP contribution in [0.15, 0.2) is 0 Å². The molecular weight excluding hydrogens is 208 g/mol. The van der Waals surface area contributed by atoms with E-state index in [0.29, 0.717) is 0 Å². The number of unbranched alkanes of at least 4 members (excludes halogenated alkanes) is 1. The molecule has 1 fully saturated rings. The molecular formula is C15H32N2.